The summed E-state index contributed by atoms with van der Waals surface area (Å²) in [5.74, 6) is -0.198. The highest BCUT2D eigenvalue weighted by Crippen LogP contribution is 2.16. The number of thiazole rings is 1. The number of nitrogens with zero attached hydrogens (tertiary/aromatic N) is 1. The fraction of sp³-hybridized carbons (Fsp3) is 0.600. The minimum absolute atomic E-state index is 0.146. The number of carboxylic acid groups (broad SMARTS) is 1. The van der Waals surface area contributed by atoms with E-state index in [0.717, 1.165) is 17.4 Å². The molecule has 0 radical (unpaired) electrons. The van der Waals surface area contributed by atoms with Crippen molar-refractivity contribution in [2.45, 2.75) is 26.7 Å². The summed E-state index contributed by atoms with van der Waals surface area (Å²) in [6.45, 7) is 5.16. The van der Waals surface area contributed by atoms with Crippen LogP contribution in [0.5, 0.6) is 0 Å². The van der Waals surface area contributed by atoms with Crippen LogP contribution in [-0.2, 0) is 11.2 Å². The standard InChI is InChI=1S/C10H16N2O2S/c1-7(2)5-11-10-12-8(6-15-10)3-4-9(13)14/h6-7H,3-5H2,1-2H3,(H,11,12)(H,13,14). The van der Waals surface area contributed by atoms with Gasteiger partial charge in [0.15, 0.2) is 5.13 Å². The minimum Gasteiger partial charge on any atom is -0.481 e. The second-order valence-corrected chi connectivity index (χ2v) is 4.67. The summed E-state index contributed by atoms with van der Waals surface area (Å²) in [4.78, 5) is 14.7. The summed E-state index contributed by atoms with van der Waals surface area (Å²) in [6.07, 6.45) is 0.655. The van der Waals surface area contributed by atoms with Gasteiger partial charge >= 0.3 is 5.97 Å². The van der Waals surface area contributed by atoms with Crippen LogP contribution in [0.2, 0.25) is 0 Å². The van der Waals surface area contributed by atoms with Gasteiger partial charge in [0.25, 0.3) is 0 Å². The first kappa shape index (κ1) is 12.0. The van der Waals surface area contributed by atoms with E-state index in [1.807, 2.05) is 5.38 Å². The van der Waals surface area contributed by atoms with Crippen molar-refractivity contribution in [1.82, 2.24) is 4.98 Å². The summed E-state index contributed by atoms with van der Waals surface area (Å²) in [7, 11) is 0. The molecule has 0 saturated heterocycles. The molecule has 1 aromatic heterocycles. The maximum absolute atomic E-state index is 10.4. The van der Waals surface area contributed by atoms with Crippen molar-refractivity contribution in [2.24, 2.45) is 5.92 Å². The van der Waals surface area contributed by atoms with Crippen LogP contribution in [0, 0.1) is 5.92 Å². The summed E-state index contributed by atoms with van der Waals surface area (Å²) in [5.41, 5.74) is 0.855. The van der Waals surface area contributed by atoms with Crippen LogP contribution < -0.4 is 5.32 Å². The van der Waals surface area contributed by atoms with Crippen LogP contribution in [0.1, 0.15) is 26.0 Å². The zero-order valence-corrected chi connectivity index (χ0v) is 9.80. The van der Waals surface area contributed by atoms with Gasteiger partial charge in [0.2, 0.25) is 0 Å². The topological polar surface area (TPSA) is 62.2 Å². The van der Waals surface area contributed by atoms with Gasteiger partial charge in [-0.1, -0.05) is 13.8 Å². The number of aliphatic carboxylic acids is 1. The molecule has 5 heteroatoms. The van der Waals surface area contributed by atoms with Crippen molar-refractivity contribution in [3.05, 3.63) is 11.1 Å². The molecule has 15 heavy (non-hydrogen) atoms. The molecule has 0 saturated carbocycles. The molecule has 0 aliphatic heterocycles. The maximum atomic E-state index is 10.4. The Kier molecular flexibility index (Phi) is 4.55. The van der Waals surface area contributed by atoms with Crippen molar-refractivity contribution in [3.8, 4) is 0 Å². The summed E-state index contributed by atoms with van der Waals surface area (Å²) >= 11 is 1.53. The highest BCUT2D eigenvalue weighted by molar-refractivity contribution is 7.13. The second-order valence-electron chi connectivity index (χ2n) is 3.81. The molecule has 0 aliphatic carbocycles. The molecule has 0 atom stereocenters. The first-order chi connectivity index (χ1) is 7.08. The van der Waals surface area contributed by atoms with Crippen molar-refractivity contribution in [2.75, 3.05) is 11.9 Å². The quantitative estimate of drug-likeness (QED) is 0.783. The molecule has 0 amide bonds. The van der Waals surface area contributed by atoms with Gasteiger partial charge in [0.05, 0.1) is 12.1 Å². The van der Waals surface area contributed by atoms with E-state index in [1.165, 1.54) is 11.3 Å². The smallest absolute Gasteiger partial charge is 0.303 e. The van der Waals surface area contributed by atoms with Crippen molar-refractivity contribution in [1.29, 1.82) is 0 Å². The monoisotopic (exact) mass is 228 g/mol. The predicted molar refractivity (Wildman–Crippen MR) is 61.4 cm³/mol. The van der Waals surface area contributed by atoms with Gasteiger partial charge in [-0.2, -0.15) is 0 Å². The number of hydrogen-bond acceptors (Lipinski definition) is 4. The van der Waals surface area contributed by atoms with E-state index in [1.54, 1.807) is 0 Å². The highest BCUT2D eigenvalue weighted by Gasteiger charge is 2.04. The Labute approximate surface area is 93.4 Å². The molecule has 0 spiro atoms. The number of carbonyl (C=O) groups is 1. The fourth-order valence-corrected chi connectivity index (χ4v) is 1.78. The van der Waals surface area contributed by atoms with Crippen LogP contribution in [0.25, 0.3) is 0 Å². The number of rotatable bonds is 6. The van der Waals surface area contributed by atoms with Crippen LogP contribution in [0.15, 0.2) is 5.38 Å². The molecule has 2 N–H and O–H groups in total. The van der Waals surface area contributed by atoms with Gasteiger partial charge in [-0.25, -0.2) is 4.98 Å². The molecule has 4 nitrogen and oxygen atoms in total. The Morgan fingerprint density at radius 1 is 1.67 bits per heavy atom. The van der Waals surface area contributed by atoms with E-state index in [9.17, 15) is 4.79 Å². The third-order valence-corrected chi connectivity index (χ3v) is 2.66. The number of aromatic nitrogens is 1. The second kappa shape index (κ2) is 5.70. The van der Waals surface area contributed by atoms with E-state index in [-0.39, 0.29) is 6.42 Å². The van der Waals surface area contributed by atoms with Crippen LogP contribution in [-0.4, -0.2) is 22.6 Å². The Morgan fingerprint density at radius 2 is 2.40 bits per heavy atom. The average Bonchev–Trinajstić information content (AvgIpc) is 2.59. The first-order valence-electron chi connectivity index (χ1n) is 4.98. The van der Waals surface area contributed by atoms with Gasteiger partial charge in [-0.3, -0.25) is 4.79 Å². The molecule has 1 rings (SSSR count). The number of anilines is 1. The molecule has 84 valence electrons. The van der Waals surface area contributed by atoms with Crippen molar-refractivity contribution in [3.63, 3.8) is 0 Å². The molecule has 1 aromatic rings. The lowest BCUT2D eigenvalue weighted by Crippen LogP contribution is -2.07. The molecule has 0 aromatic carbocycles. The Bertz CT molecular complexity index is 323. The number of carboxylic acids is 1. The molecule has 0 bridgehead atoms. The third-order valence-electron chi connectivity index (χ3n) is 1.81. The maximum Gasteiger partial charge on any atom is 0.303 e. The largest absolute Gasteiger partial charge is 0.481 e. The number of hydrogen-bond donors (Lipinski definition) is 2. The SMILES string of the molecule is CC(C)CNc1nc(CCC(=O)O)cs1. The van der Waals surface area contributed by atoms with E-state index < -0.39 is 5.97 Å². The Morgan fingerprint density at radius 3 is 3.00 bits per heavy atom. The van der Waals surface area contributed by atoms with E-state index in [4.69, 9.17) is 5.11 Å². The van der Waals surface area contributed by atoms with E-state index in [2.05, 4.69) is 24.1 Å². The summed E-state index contributed by atoms with van der Waals surface area (Å²) < 4.78 is 0. The lowest BCUT2D eigenvalue weighted by molar-refractivity contribution is -0.136. The zero-order chi connectivity index (χ0) is 11.3. The van der Waals surface area contributed by atoms with Crippen molar-refractivity contribution >= 4 is 22.4 Å². The lowest BCUT2D eigenvalue weighted by Gasteiger charge is -2.04. The van der Waals surface area contributed by atoms with Crippen molar-refractivity contribution < 1.29 is 9.90 Å². The van der Waals surface area contributed by atoms with Gasteiger partial charge in [0, 0.05) is 18.3 Å². The summed E-state index contributed by atoms with van der Waals surface area (Å²) in [6, 6.07) is 0. The van der Waals surface area contributed by atoms with Crippen LogP contribution in [0.3, 0.4) is 0 Å². The molecule has 1 heterocycles. The summed E-state index contributed by atoms with van der Waals surface area (Å²) in [5, 5.41) is 14.5. The third kappa shape index (κ3) is 4.78. The van der Waals surface area contributed by atoms with Gasteiger partial charge in [-0.05, 0) is 5.92 Å². The number of aryl methyl sites for hydroxylation is 1. The normalized spacial score (nSPS) is 10.6. The van der Waals surface area contributed by atoms with Crippen LogP contribution >= 0.6 is 11.3 Å². The zero-order valence-electron chi connectivity index (χ0n) is 8.99. The van der Waals surface area contributed by atoms with Crippen LogP contribution in [0.4, 0.5) is 5.13 Å². The molecular formula is C10H16N2O2S. The predicted octanol–water partition coefficient (Wildman–Crippen LogP) is 2.23. The molecule has 0 fully saturated rings. The van der Waals surface area contributed by atoms with Gasteiger partial charge < -0.3 is 10.4 Å². The first-order valence-corrected chi connectivity index (χ1v) is 5.86. The minimum atomic E-state index is -0.778. The lowest BCUT2D eigenvalue weighted by atomic mass is 10.2. The molecule has 0 aliphatic rings. The highest BCUT2D eigenvalue weighted by atomic mass is 32.1. The van der Waals surface area contributed by atoms with E-state index in [0.29, 0.717) is 12.3 Å². The fourth-order valence-electron chi connectivity index (χ4n) is 1.03. The van der Waals surface area contributed by atoms with Gasteiger partial charge in [-0.15, -0.1) is 11.3 Å². The van der Waals surface area contributed by atoms with Gasteiger partial charge in [0.1, 0.15) is 0 Å². The Hall–Kier alpha value is -1.10. The average molecular weight is 228 g/mol. The molecular weight excluding hydrogens is 212 g/mol. The van der Waals surface area contributed by atoms with E-state index >= 15 is 0 Å². The Balaban J connectivity index is 2.38. The molecule has 0 unspecified atom stereocenters. The number of nitrogens with one attached hydrogen (secondary N) is 1.